The Morgan fingerprint density at radius 1 is 1.03 bits per heavy atom. The summed E-state index contributed by atoms with van der Waals surface area (Å²) in [6.45, 7) is 14.3. The van der Waals surface area contributed by atoms with Crippen LogP contribution in [-0.4, -0.2) is 21.9 Å². The number of hydrogen-bond acceptors (Lipinski definition) is 2. The molecule has 0 heterocycles. The molecule has 0 amide bonds. The van der Waals surface area contributed by atoms with E-state index in [1.807, 2.05) is 0 Å². The summed E-state index contributed by atoms with van der Waals surface area (Å²) in [6, 6.07) is 0. The molecule has 9 atom stereocenters. The van der Waals surface area contributed by atoms with Gasteiger partial charge in [0.05, 0.1) is 11.7 Å². The zero-order valence-electron chi connectivity index (χ0n) is 20.6. The van der Waals surface area contributed by atoms with Gasteiger partial charge in [-0.2, -0.15) is 0 Å². The maximum absolute atomic E-state index is 11.8. The van der Waals surface area contributed by atoms with Gasteiger partial charge >= 0.3 is 0 Å². The van der Waals surface area contributed by atoms with Crippen molar-refractivity contribution in [1.82, 2.24) is 0 Å². The molecular weight excluding hydrogens is 368 g/mol. The highest BCUT2D eigenvalue weighted by atomic mass is 16.3. The molecule has 0 aromatic carbocycles. The second kappa shape index (κ2) is 7.91. The molecule has 0 bridgehead atoms. The lowest BCUT2D eigenvalue weighted by molar-refractivity contribution is -0.0650. The third kappa shape index (κ3) is 3.62. The van der Waals surface area contributed by atoms with E-state index in [0.29, 0.717) is 35.0 Å². The van der Waals surface area contributed by atoms with Crippen molar-refractivity contribution in [1.29, 1.82) is 0 Å². The number of hydrogen-bond donors (Lipinski definition) is 2. The van der Waals surface area contributed by atoms with E-state index in [1.165, 1.54) is 32.1 Å². The molecular formula is C28H48O2. The predicted octanol–water partition coefficient (Wildman–Crippen LogP) is 6.75. The SMILES string of the molecule is CC(C)CCC[C@@H](C)[C@H]1CC(C)(O)[C@@H]2C3=CC[C@H]4C[C@@H](O)CC[C@]4(C)[C@H]3CC[C@]12C. The highest BCUT2D eigenvalue weighted by Crippen LogP contribution is 2.69. The minimum Gasteiger partial charge on any atom is -0.393 e. The van der Waals surface area contributed by atoms with Crippen LogP contribution in [0.15, 0.2) is 11.6 Å². The molecule has 30 heavy (non-hydrogen) atoms. The Labute approximate surface area is 185 Å². The van der Waals surface area contributed by atoms with Gasteiger partial charge in [0, 0.05) is 5.92 Å². The van der Waals surface area contributed by atoms with E-state index in [9.17, 15) is 10.2 Å². The van der Waals surface area contributed by atoms with Crippen molar-refractivity contribution < 1.29 is 10.2 Å². The molecule has 4 aliphatic rings. The third-order valence-corrected chi connectivity index (χ3v) is 10.5. The second-order valence-corrected chi connectivity index (χ2v) is 13.1. The van der Waals surface area contributed by atoms with Crippen molar-refractivity contribution in [3.63, 3.8) is 0 Å². The van der Waals surface area contributed by atoms with Crippen molar-refractivity contribution in [2.45, 2.75) is 117 Å². The number of rotatable bonds is 5. The van der Waals surface area contributed by atoms with E-state index < -0.39 is 5.60 Å². The zero-order chi connectivity index (χ0) is 21.9. The van der Waals surface area contributed by atoms with Gasteiger partial charge < -0.3 is 10.2 Å². The minimum absolute atomic E-state index is 0.0995. The highest BCUT2D eigenvalue weighted by molar-refractivity contribution is 5.31. The molecule has 172 valence electrons. The highest BCUT2D eigenvalue weighted by Gasteiger charge is 2.64. The van der Waals surface area contributed by atoms with E-state index in [1.54, 1.807) is 5.57 Å². The van der Waals surface area contributed by atoms with Crippen LogP contribution >= 0.6 is 0 Å². The van der Waals surface area contributed by atoms with Crippen LogP contribution < -0.4 is 0 Å². The van der Waals surface area contributed by atoms with Crippen LogP contribution in [0.2, 0.25) is 0 Å². The second-order valence-electron chi connectivity index (χ2n) is 13.1. The van der Waals surface area contributed by atoms with Crippen molar-refractivity contribution in [2.24, 2.45) is 46.3 Å². The Hall–Kier alpha value is -0.340. The van der Waals surface area contributed by atoms with Gasteiger partial charge in [-0.15, -0.1) is 0 Å². The maximum Gasteiger partial charge on any atom is 0.0693 e. The van der Waals surface area contributed by atoms with Gasteiger partial charge in [0.15, 0.2) is 0 Å². The quantitative estimate of drug-likeness (QED) is 0.487. The standard InChI is InChI=1S/C28H48O2/c1-18(2)8-7-9-19(3)24-17-28(6,30)25-22-11-10-20-16-21(29)12-14-26(20,4)23(22)13-15-27(24,25)5/h11,18-21,23-25,29-30H,7-10,12-17H2,1-6H3/t19-,20+,21+,23+,24-,25-,26+,27-,28?/m1/s1. The molecule has 0 spiro atoms. The van der Waals surface area contributed by atoms with Gasteiger partial charge in [-0.05, 0) is 92.3 Å². The summed E-state index contributed by atoms with van der Waals surface area (Å²) in [5.74, 6) is 3.67. The maximum atomic E-state index is 11.8. The van der Waals surface area contributed by atoms with Crippen LogP contribution in [0.5, 0.6) is 0 Å². The van der Waals surface area contributed by atoms with Gasteiger partial charge in [-0.1, -0.05) is 65.5 Å². The van der Waals surface area contributed by atoms with Crippen LogP contribution in [0.3, 0.4) is 0 Å². The lowest BCUT2D eigenvalue weighted by atomic mass is 9.47. The number of aliphatic hydroxyl groups is 2. The lowest BCUT2D eigenvalue weighted by Crippen LogP contribution is -2.52. The topological polar surface area (TPSA) is 40.5 Å². The van der Waals surface area contributed by atoms with Crippen LogP contribution in [0, 0.1) is 46.3 Å². The summed E-state index contributed by atoms with van der Waals surface area (Å²) in [7, 11) is 0. The molecule has 4 rings (SSSR count). The average Bonchev–Trinajstić information content (AvgIpc) is 2.88. The molecule has 2 N–H and O–H groups in total. The molecule has 0 radical (unpaired) electrons. The van der Waals surface area contributed by atoms with Crippen molar-refractivity contribution in [2.75, 3.05) is 0 Å². The van der Waals surface area contributed by atoms with Gasteiger partial charge in [0.25, 0.3) is 0 Å². The molecule has 0 aliphatic heterocycles. The van der Waals surface area contributed by atoms with Gasteiger partial charge in [-0.3, -0.25) is 0 Å². The summed E-state index contributed by atoms with van der Waals surface area (Å²) in [5, 5.41) is 22.0. The molecule has 3 fully saturated rings. The van der Waals surface area contributed by atoms with Crippen molar-refractivity contribution in [3.8, 4) is 0 Å². The Bertz CT molecular complexity index is 664. The number of allylic oxidation sites excluding steroid dienone is 1. The molecule has 4 aliphatic carbocycles. The predicted molar refractivity (Wildman–Crippen MR) is 125 cm³/mol. The monoisotopic (exact) mass is 416 g/mol. The van der Waals surface area contributed by atoms with E-state index >= 15 is 0 Å². The molecule has 2 heteroatoms. The molecule has 3 saturated carbocycles. The summed E-state index contributed by atoms with van der Waals surface area (Å²) in [4.78, 5) is 0. The minimum atomic E-state index is -0.576. The molecule has 0 aromatic heterocycles. The summed E-state index contributed by atoms with van der Waals surface area (Å²) >= 11 is 0. The Morgan fingerprint density at radius 2 is 1.73 bits per heavy atom. The first-order chi connectivity index (χ1) is 14.0. The fraction of sp³-hybridized carbons (Fsp3) is 0.929. The third-order valence-electron chi connectivity index (χ3n) is 10.5. The Balaban J connectivity index is 1.60. The van der Waals surface area contributed by atoms with Crippen LogP contribution in [-0.2, 0) is 0 Å². The van der Waals surface area contributed by atoms with E-state index in [-0.39, 0.29) is 11.5 Å². The van der Waals surface area contributed by atoms with Gasteiger partial charge in [-0.25, -0.2) is 0 Å². The first kappa shape index (κ1) is 22.8. The number of fused-ring (bicyclic) bond motifs is 5. The van der Waals surface area contributed by atoms with Crippen LogP contribution in [0.1, 0.15) is 106 Å². The molecule has 0 aromatic rings. The first-order valence-corrected chi connectivity index (χ1v) is 13.1. The molecule has 1 unspecified atom stereocenters. The van der Waals surface area contributed by atoms with E-state index in [2.05, 4.69) is 47.6 Å². The first-order valence-electron chi connectivity index (χ1n) is 13.1. The lowest BCUT2D eigenvalue weighted by Gasteiger charge is -2.58. The largest absolute Gasteiger partial charge is 0.393 e. The Morgan fingerprint density at radius 3 is 2.43 bits per heavy atom. The van der Waals surface area contributed by atoms with E-state index in [4.69, 9.17) is 0 Å². The van der Waals surface area contributed by atoms with Crippen molar-refractivity contribution in [3.05, 3.63) is 11.6 Å². The normalized spacial score (nSPS) is 49.2. The summed E-state index contributed by atoms with van der Waals surface area (Å²) in [5.41, 5.74) is 1.59. The fourth-order valence-corrected chi connectivity index (χ4v) is 8.98. The van der Waals surface area contributed by atoms with Crippen LogP contribution in [0.25, 0.3) is 0 Å². The number of aliphatic hydroxyl groups excluding tert-OH is 1. The average molecular weight is 417 g/mol. The molecule has 0 saturated heterocycles. The zero-order valence-corrected chi connectivity index (χ0v) is 20.6. The van der Waals surface area contributed by atoms with Gasteiger partial charge in [0.1, 0.15) is 0 Å². The smallest absolute Gasteiger partial charge is 0.0693 e. The summed E-state index contributed by atoms with van der Waals surface area (Å²) < 4.78 is 0. The van der Waals surface area contributed by atoms with Gasteiger partial charge in [0.2, 0.25) is 0 Å². The summed E-state index contributed by atoms with van der Waals surface area (Å²) in [6.07, 6.45) is 14.1. The van der Waals surface area contributed by atoms with E-state index in [0.717, 1.165) is 38.0 Å². The van der Waals surface area contributed by atoms with Crippen molar-refractivity contribution >= 4 is 0 Å². The fourth-order valence-electron chi connectivity index (χ4n) is 8.98. The van der Waals surface area contributed by atoms with Crippen LogP contribution in [0.4, 0.5) is 0 Å². The Kier molecular flexibility index (Phi) is 6.02. The molecule has 2 nitrogen and oxygen atoms in total.